The van der Waals surface area contributed by atoms with Gasteiger partial charge in [0.05, 0.1) is 18.8 Å². The van der Waals surface area contributed by atoms with Crippen molar-refractivity contribution >= 4 is 6.03 Å². The van der Waals surface area contributed by atoms with Gasteiger partial charge < -0.3 is 15.7 Å². The Morgan fingerprint density at radius 1 is 1.46 bits per heavy atom. The first-order valence-electron chi connectivity index (χ1n) is 7.40. The van der Waals surface area contributed by atoms with Crippen LogP contribution in [0.2, 0.25) is 0 Å². The fourth-order valence-electron chi connectivity index (χ4n) is 2.23. The topological polar surface area (TPSA) is 79.2 Å². The predicted molar refractivity (Wildman–Crippen MR) is 84.1 cm³/mol. The van der Waals surface area contributed by atoms with Crippen LogP contribution in [0.1, 0.15) is 31.0 Å². The Morgan fingerprint density at radius 3 is 2.79 bits per heavy atom. The van der Waals surface area contributed by atoms with Crippen LogP contribution in [-0.4, -0.2) is 27.5 Å². The molecule has 2 rings (SSSR count). The summed E-state index contributed by atoms with van der Waals surface area (Å²) in [4.78, 5) is 11.9. The highest BCUT2D eigenvalue weighted by Crippen LogP contribution is 2.20. The molecule has 0 radical (unpaired) electrons. The monoisotopic (exact) mass is 338 g/mol. The molecule has 0 saturated heterocycles. The van der Waals surface area contributed by atoms with E-state index in [1.165, 1.54) is 25.3 Å². The number of hydrogen-bond donors (Lipinski definition) is 3. The zero-order chi connectivity index (χ0) is 17.9. The molecule has 1 heterocycles. The normalized spacial score (nSPS) is 14.8. The van der Waals surface area contributed by atoms with Crippen molar-refractivity contribution in [3.05, 3.63) is 53.4 Å². The van der Waals surface area contributed by atoms with Gasteiger partial charge in [0.2, 0.25) is 0 Å². The molecule has 2 unspecified atom stereocenters. The van der Waals surface area contributed by atoms with E-state index in [0.717, 1.165) is 6.07 Å². The number of nitrogens with zero attached hydrogens (tertiary/aromatic N) is 2. The van der Waals surface area contributed by atoms with E-state index in [1.807, 2.05) is 0 Å². The van der Waals surface area contributed by atoms with E-state index in [1.54, 1.807) is 24.9 Å². The zero-order valence-electron chi connectivity index (χ0n) is 13.7. The minimum atomic E-state index is -1.31. The third kappa shape index (κ3) is 4.08. The highest BCUT2D eigenvalue weighted by Gasteiger charge is 2.26. The summed E-state index contributed by atoms with van der Waals surface area (Å²) in [6.07, 6.45) is 3.15. The van der Waals surface area contributed by atoms with Gasteiger partial charge in [-0.05, 0) is 19.9 Å². The maximum absolute atomic E-state index is 13.7. The molecule has 2 aromatic rings. The van der Waals surface area contributed by atoms with Crippen molar-refractivity contribution in [2.75, 3.05) is 6.54 Å². The van der Waals surface area contributed by atoms with Crippen molar-refractivity contribution in [3.63, 3.8) is 0 Å². The molecule has 2 amide bonds. The number of aryl methyl sites for hydroxylation is 1. The summed E-state index contributed by atoms with van der Waals surface area (Å²) in [5.41, 5.74) is -0.711. The van der Waals surface area contributed by atoms with Crippen LogP contribution >= 0.6 is 0 Å². The molecule has 0 fully saturated rings. The van der Waals surface area contributed by atoms with Gasteiger partial charge in [0, 0.05) is 24.4 Å². The average molecular weight is 338 g/mol. The summed E-state index contributed by atoms with van der Waals surface area (Å²) in [5, 5.41) is 19.4. The molecule has 130 valence electrons. The van der Waals surface area contributed by atoms with Gasteiger partial charge in [-0.15, -0.1) is 0 Å². The molecule has 0 saturated carbocycles. The molecule has 8 heteroatoms. The molecule has 0 aliphatic carbocycles. The van der Waals surface area contributed by atoms with Crippen molar-refractivity contribution in [2.24, 2.45) is 7.05 Å². The van der Waals surface area contributed by atoms with Gasteiger partial charge in [-0.2, -0.15) is 5.10 Å². The standard InChI is InChI=1S/C16H20F2N4O2/c1-10(12-5-4-6-13(17)14(12)18)21-15(23)19-9-16(2,24)11-7-20-22(3)8-11/h4-8,10,24H,9H2,1-3H3,(H2,19,21,23). The lowest BCUT2D eigenvalue weighted by Crippen LogP contribution is -2.44. The van der Waals surface area contributed by atoms with E-state index >= 15 is 0 Å². The SMILES string of the molecule is CC(NC(=O)NCC(C)(O)c1cnn(C)c1)c1cccc(F)c1F. The van der Waals surface area contributed by atoms with Gasteiger partial charge in [0.15, 0.2) is 11.6 Å². The second-order valence-electron chi connectivity index (χ2n) is 5.87. The molecule has 3 N–H and O–H groups in total. The van der Waals surface area contributed by atoms with Crippen LogP contribution < -0.4 is 10.6 Å². The van der Waals surface area contributed by atoms with Crippen molar-refractivity contribution < 1.29 is 18.7 Å². The number of carbonyl (C=O) groups is 1. The number of amides is 2. The van der Waals surface area contributed by atoms with Gasteiger partial charge in [0.25, 0.3) is 0 Å². The Kier molecular flexibility index (Phi) is 5.18. The summed E-state index contributed by atoms with van der Waals surface area (Å²) >= 11 is 0. The molecule has 0 aliphatic rings. The Labute approximate surface area is 138 Å². The maximum atomic E-state index is 13.7. The van der Waals surface area contributed by atoms with E-state index in [4.69, 9.17) is 0 Å². The minimum absolute atomic E-state index is 0.0455. The Morgan fingerprint density at radius 2 is 2.17 bits per heavy atom. The van der Waals surface area contributed by atoms with E-state index in [9.17, 15) is 18.7 Å². The number of carbonyl (C=O) groups excluding carboxylic acids is 1. The number of benzene rings is 1. The van der Waals surface area contributed by atoms with Gasteiger partial charge in [0.1, 0.15) is 5.60 Å². The molecule has 1 aromatic carbocycles. The maximum Gasteiger partial charge on any atom is 0.315 e. The van der Waals surface area contributed by atoms with Crippen LogP contribution in [-0.2, 0) is 12.6 Å². The van der Waals surface area contributed by atoms with E-state index in [2.05, 4.69) is 15.7 Å². The molecule has 1 aromatic heterocycles. The molecule has 0 bridgehead atoms. The number of rotatable bonds is 5. The van der Waals surface area contributed by atoms with Crippen molar-refractivity contribution in [1.29, 1.82) is 0 Å². The quantitative estimate of drug-likeness (QED) is 0.780. The highest BCUT2D eigenvalue weighted by molar-refractivity contribution is 5.74. The Balaban J connectivity index is 1.94. The van der Waals surface area contributed by atoms with E-state index in [0.29, 0.717) is 5.56 Å². The molecule has 2 atom stereocenters. The smallest absolute Gasteiger partial charge is 0.315 e. The lowest BCUT2D eigenvalue weighted by atomic mass is 10.00. The van der Waals surface area contributed by atoms with Gasteiger partial charge >= 0.3 is 6.03 Å². The fourth-order valence-corrected chi connectivity index (χ4v) is 2.23. The summed E-state index contributed by atoms with van der Waals surface area (Å²) in [6, 6.07) is 2.45. The molecule has 6 nitrogen and oxygen atoms in total. The number of halogens is 2. The summed E-state index contributed by atoms with van der Waals surface area (Å²) < 4.78 is 28.5. The van der Waals surface area contributed by atoms with Crippen LogP contribution in [0, 0.1) is 11.6 Å². The Hall–Kier alpha value is -2.48. The van der Waals surface area contributed by atoms with E-state index < -0.39 is 29.3 Å². The van der Waals surface area contributed by atoms with E-state index in [-0.39, 0.29) is 12.1 Å². The Bertz CT molecular complexity index is 731. The van der Waals surface area contributed by atoms with Crippen LogP contribution in [0.15, 0.2) is 30.6 Å². The lowest BCUT2D eigenvalue weighted by Gasteiger charge is -2.23. The van der Waals surface area contributed by atoms with Gasteiger partial charge in [-0.1, -0.05) is 12.1 Å². The number of aliphatic hydroxyl groups is 1. The second-order valence-corrected chi connectivity index (χ2v) is 5.87. The van der Waals surface area contributed by atoms with Crippen LogP contribution in [0.25, 0.3) is 0 Å². The molecular formula is C16H20F2N4O2. The molecule has 0 aliphatic heterocycles. The summed E-state index contributed by atoms with van der Waals surface area (Å²) in [6.45, 7) is 3.01. The number of urea groups is 1. The third-order valence-electron chi connectivity index (χ3n) is 3.72. The largest absolute Gasteiger partial charge is 0.383 e. The average Bonchev–Trinajstić information content (AvgIpc) is 2.95. The van der Waals surface area contributed by atoms with Crippen molar-refractivity contribution in [2.45, 2.75) is 25.5 Å². The summed E-state index contributed by atoms with van der Waals surface area (Å²) in [7, 11) is 1.72. The summed E-state index contributed by atoms with van der Waals surface area (Å²) in [5.74, 6) is -1.96. The molecule has 0 spiro atoms. The van der Waals surface area contributed by atoms with Crippen molar-refractivity contribution in [3.8, 4) is 0 Å². The number of aromatic nitrogens is 2. The van der Waals surface area contributed by atoms with Crippen molar-refractivity contribution in [1.82, 2.24) is 20.4 Å². The first kappa shape index (κ1) is 17.9. The second kappa shape index (κ2) is 6.96. The number of hydrogen-bond acceptors (Lipinski definition) is 3. The molecular weight excluding hydrogens is 318 g/mol. The van der Waals surface area contributed by atoms with Gasteiger partial charge in [-0.3, -0.25) is 4.68 Å². The highest BCUT2D eigenvalue weighted by atomic mass is 19.2. The van der Waals surface area contributed by atoms with Crippen LogP contribution in [0.5, 0.6) is 0 Å². The predicted octanol–water partition coefficient (Wildman–Crippen LogP) is 1.97. The van der Waals surface area contributed by atoms with Gasteiger partial charge in [-0.25, -0.2) is 13.6 Å². The zero-order valence-corrected chi connectivity index (χ0v) is 13.7. The lowest BCUT2D eigenvalue weighted by molar-refractivity contribution is 0.0592. The van der Waals surface area contributed by atoms with Crippen LogP contribution in [0.4, 0.5) is 13.6 Å². The fraction of sp³-hybridized carbons (Fsp3) is 0.375. The molecule has 24 heavy (non-hydrogen) atoms. The minimum Gasteiger partial charge on any atom is -0.383 e. The first-order chi connectivity index (χ1) is 11.2. The first-order valence-corrected chi connectivity index (χ1v) is 7.40. The number of nitrogens with one attached hydrogen (secondary N) is 2. The third-order valence-corrected chi connectivity index (χ3v) is 3.72. The van der Waals surface area contributed by atoms with Crippen LogP contribution in [0.3, 0.4) is 0 Å².